The minimum atomic E-state index is -0.334. The fourth-order valence-corrected chi connectivity index (χ4v) is 2.61. The highest BCUT2D eigenvalue weighted by Crippen LogP contribution is 2.37. The molecule has 0 atom stereocenters. The molecule has 0 saturated carbocycles. The molecule has 130 valence electrons. The quantitative estimate of drug-likeness (QED) is 0.726. The third-order valence-corrected chi connectivity index (χ3v) is 4.82. The van der Waals surface area contributed by atoms with Gasteiger partial charge in [0.2, 0.25) is 0 Å². The Morgan fingerprint density at radius 1 is 0.920 bits per heavy atom. The summed E-state index contributed by atoms with van der Waals surface area (Å²) in [5.74, 6) is 2.80. The molecule has 0 radical (unpaired) electrons. The first-order valence-electron chi connectivity index (χ1n) is 8.66. The summed E-state index contributed by atoms with van der Waals surface area (Å²) in [6.07, 6.45) is 2.01. The van der Waals surface area contributed by atoms with E-state index in [1.165, 1.54) is 0 Å². The van der Waals surface area contributed by atoms with Gasteiger partial charge >= 0.3 is 7.12 Å². The highest BCUT2D eigenvalue weighted by atomic mass is 16.7. The Labute approximate surface area is 150 Å². The zero-order chi connectivity index (χ0) is 17.9. The second-order valence-corrected chi connectivity index (χ2v) is 7.33. The number of hydrogen-bond donors (Lipinski definition) is 0. The van der Waals surface area contributed by atoms with E-state index in [0.29, 0.717) is 6.61 Å². The van der Waals surface area contributed by atoms with Crippen LogP contribution in [0.2, 0.25) is 0 Å². The van der Waals surface area contributed by atoms with Gasteiger partial charge in [-0.25, -0.2) is 0 Å². The van der Waals surface area contributed by atoms with Gasteiger partial charge in [-0.3, -0.25) is 0 Å². The van der Waals surface area contributed by atoms with Crippen LogP contribution in [0, 0.1) is 0 Å². The van der Waals surface area contributed by atoms with Crippen molar-refractivity contribution < 1.29 is 14.0 Å². The maximum absolute atomic E-state index is 5.98. The summed E-state index contributed by atoms with van der Waals surface area (Å²) < 4.78 is 17.8. The van der Waals surface area contributed by atoms with Crippen LogP contribution in [0.1, 0.15) is 38.8 Å². The lowest BCUT2D eigenvalue weighted by Crippen LogP contribution is -2.41. The molecule has 3 rings (SSSR count). The number of hydrogen-bond acceptors (Lipinski definition) is 3. The summed E-state index contributed by atoms with van der Waals surface area (Å²) in [4.78, 5) is 0. The first-order valence-corrected chi connectivity index (χ1v) is 8.66. The van der Waals surface area contributed by atoms with Gasteiger partial charge in [-0.2, -0.15) is 0 Å². The van der Waals surface area contributed by atoms with Gasteiger partial charge in [0, 0.05) is 0 Å². The molecule has 0 unspecified atom stereocenters. The second kappa shape index (κ2) is 7.07. The van der Waals surface area contributed by atoms with Crippen LogP contribution in [0.4, 0.5) is 0 Å². The molecule has 1 aliphatic heterocycles. The predicted octanol–water partition coefficient (Wildman–Crippen LogP) is 4.91. The molecule has 0 spiro atoms. The number of ether oxygens (including phenoxy) is 1. The Hall–Kier alpha value is -2.04. The molecule has 3 nitrogen and oxygen atoms in total. The Bertz CT molecular complexity index is 722. The van der Waals surface area contributed by atoms with Gasteiger partial charge in [0.05, 0.1) is 11.2 Å². The summed E-state index contributed by atoms with van der Waals surface area (Å²) in [6.45, 7) is 8.78. The monoisotopic (exact) mass is 336 g/mol. The van der Waals surface area contributed by atoms with Crippen molar-refractivity contribution in [1.29, 1.82) is 0 Å². The predicted molar refractivity (Wildman–Crippen MR) is 102 cm³/mol. The minimum Gasteiger partial charge on any atom is -0.489 e. The third kappa shape index (κ3) is 4.33. The molecule has 1 aliphatic rings. The van der Waals surface area contributed by atoms with Crippen LogP contribution in [0.5, 0.6) is 5.75 Å². The van der Waals surface area contributed by atoms with E-state index in [4.69, 9.17) is 14.0 Å². The molecule has 1 saturated heterocycles. The van der Waals surface area contributed by atoms with Crippen LogP contribution in [0.15, 0.2) is 60.6 Å². The Kier molecular flexibility index (Phi) is 5.02. The standard InChI is InChI=1S/C21H25BO3/c1-20(2)21(3,4)25-22(24-20)14-13-17-11-8-12-19(15-17)23-16-18-9-6-5-7-10-18/h5-15H,16H2,1-4H3/b14-13-. The van der Waals surface area contributed by atoms with Crippen molar-refractivity contribution in [2.24, 2.45) is 0 Å². The Morgan fingerprint density at radius 3 is 2.28 bits per heavy atom. The van der Waals surface area contributed by atoms with Gasteiger partial charge < -0.3 is 14.0 Å². The maximum atomic E-state index is 5.98. The van der Waals surface area contributed by atoms with E-state index >= 15 is 0 Å². The highest BCUT2D eigenvalue weighted by molar-refractivity contribution is 6.52. The number of benzene rings is 2. The Balaban J connectivity index is 1.62. The molecule has 25 heavy (non-hydrogen) atoms. The first kappa shape index (κ1) is 17.8. The normalized spacial score (nSPS) is 18.6. The summed E-state index contributed by atoms with van der Waals surface area (Å²) in [5, 5.41) is 0. The molecular formula is C21H25BO3. The largest absolute Gasteiger partial charge is 0.489 e. The maximum Gasteiger partial charge on any atom is 0.487 e. The molecule has 0 N–H and O–H groups in total. The first-order chi connectivity index (χ1) is 11.9. The molecule has 0 amide bonds. The molecule has 4 heteroatoms. The van der Waals surface area contributed by atoms with E-state index in [-0.39, 0.29) is 18.3 Å². The SMILES string of the molecule is CC1(C)OB(/C=C\c2cccc(OCc3ccccc3)c2)OC1(C)C. The Morgan fingerprint density at radius 2 is 1.60 bits per heavy atom. The third-order valence-electron chi connectivity index (χ3n) is 4.82. The number of rotatable bonds is 5. The van der Waals surface area contributed by atoms with E-state index < -0.39 is 0 Å². The lowest BCUT2D eigenvalue weighted by Gasteiger charge is -2.32. The molecule has 0 aromatic heterocycles. The zero-order valence-electron chi connectivity index (χ0n) is 15.4. The molecule has 2 aromatic carbocycles. The molecule has 2 aromatic rings. The fraction of sp³-hybridized carbons (Fsp3) is 0.333. The van der Waals surface area contributed by atoms with Crippen LogP contribution >= 0.6 is 0 Å². The summed E-state index contributed by atoms with van der Waals surface area (Å²) in [5.41, 5.74) is 1.58. The van der Waals surface area contributed by atoms with E-state index in [1.807, 2.05) is 54.5 Å². The van der Waals surface area contributed by atoms with Crippen molar-refractivity contribution in [2.75, 3.05) is 0 Å². The molecule has 0 bridgehead atoms. The fourth-order valence-electron chi connectivity index (χ4n) is 2.61. The van der Waals surface area contributed by atoms with E-state index in [0.717, 1.165) is 16.9 Å². The van der Waals surface area contributed by atoms with Crippen LogP contribution in [0.25, 0.3) is 6.08 Å². The van der Waals surface area contributed by atoms with E-state index in [2.05, 4.69) is 39.8 Å². The van der Waals surface area contributed by atoms with Crippen LogP contribution < -0.4 is 4.74 Å². The summed E-state index contributed by atoms with van der Waals surface area (Å²) in [6, 6.07) is 18.2. The minimum absolute atomic E-state index is 0.317. The molecular weight excluding hydrogens is 311 g/mol. The van der Waals surface area contributed by atoms with Crippen molar-refractivity contribution in [3.8, 4) is 5.75 Å². The van der Waals surface area contributed by atoms with E-state index in [9.17, 15) is 0 Å². The van der Waals surface area contributed by atoms with Gasteiger partial charge in [-0.05, 0) is 51.0 Å². The zero-order valence-corrected chi connectivity index (χ0v) is 15.4. The molecule has 0 aliphatic carbocycles. The van der Waals surface area contributed by atoms with Gasteiger partial charge in [0.1, 0.15) is 12.4 Å². The lowest BCUT2D eigenvalue weighted by molar-refractivity contribution is 0.00578. The van der Waals surface area contributed by atoms with Crippen molar-refractivity contribution >= 4 is 13.2 Å². The van der Waals surface area contributed by atoms with Crippen molar-refractivity contribution in [2.45, 2.75) is 45.5 Å². The molecule has 1 heterocycles. The van der Waals surface area contributed by atoms with Gasteiger partial charge in [0.15, 0.2) is 0 Å². The van der Waals surface area contributed by atoms with Crippen LogP contribution in [0.3, 0.4) is 0 Å². The van der Waals surface area contributed by atoms with Crippen molar-refractivity contribution in [3.63, 3.8) is 0 Å². The summed E-state index contributed by atoms with van der Waals surface area (Å²) >= 11 is 0. The average molecular weight is 336 g/mol. The molecule has 1 fully saturated rings. The average Bonchev–Trinajstić information content (AvgIpc) is 2.80. The van der Waals surface area contributed by atoms with Gasteiger partial charge in [-0.15, -0.1) is 0 Å². The second-order valence-electron chi connectivity index (χ2n) is 7.33. The lowest BCUT2D eigenvalue weighted by atomic mass is 9.89. The van der Waals surface area contributed by atoms with Crippen molar-refractivity contribution in [1.82, 2.24) is 0 Å². The van der Waals surface area contributed by atoms with Gasteiger partial charge in [-0.1, -0.05) is 54.5 Å². The summed E-state index contributed by atoms with van der Waals surface area (Å²) in [7, 11) is -0.334. The van der Waals surface area contributed by atoms with Gasteiger partial charge in [0.25, 0.3) is 0 Å². The highest BCUT2D eigenvalue weighted by Gasteiger charge is 2.49. The topological polar surface area (TPSA) is 27.7 Å². The van der Waals surface area contributed by atoms with Crippen LogP contribution in [-0.4, -0.2) is 18.3 Å². The van der Waals surface area contributed by atoms with Crippen molar-refractivity contribution in [3.05, 3.63) is 71.7 Å². The van der Waals surface area contributed by atoms with E-state index in [1.54, 1.807) is 0 Å². The van der Waals surface area contributed by atoms with Crippen LogP contribution in [-0.2, 0) is 15.9 Å². The smallest absolute Gasteiger partial charge is 0.487 e.